The van der Waals surface area contributed by atoms with Crippen molar-refractivity contribution >= 4 is 34.3 Å². The Hall–Kier alpha value is -4.18. The summed E-state index contributed by atoms with van der Waals surface area (Å²) < 4.78 is 100. The second kappa shape index (κ2) is 13.5. The van der Waals surface area contributed by atoms with E-state index in [1.807, 2.05) is 6.08 Å². The first-order valence-electron chi connectivity index (χ1n) is 14.6. The first-order valence-corrected chi connectivity index (χ1v) is 15.5. The lowest BCUT2D eigenvalue weighted by atomic mass is 9.79. The molecule has 0 amide bonds. The third-order valence-electron chi connectivity index (χ3n) is 8.21. The second-order valence-corrected chi connectivity index (χ2v) is 12.8. The van der Waals surface area contributed by atoms with Gasteiger partial charge in [0.05, 0.1) is 56.6 Å². The molecule has 5 nitrogen and oxygen atoms in total. The Morgan fingerprint density at radius 3 is 2.13 bits per heavy atom. The van der Waals surface area contributed by atoms with E-state index >= 15 is 0 Å². The number of hydrogen-bond donors (Lipinski definition) is 1. The number of carbonyl (C=O) groups excluding carboxylic acids is 2. The fourth-order valence-corrected chi connectivity index (χ4v) is 6.77. The molecule has 0 bridgehead atoms. The number of nitriles is 1. The fraction of sp³-hybridized carbons (Fsp3) is 0.382. The average Bonchev–Trinajstić information content (AvgIpc) is 3.36. The lowest BCUT2D eigenvalue weighted by Gasteiger charge is -2.26. The van der Waals surface area contributed by atoms with Crippen molar-refractivity contribution in [2.24, 2.45) is 5.92 Å². The van der Waals surface area contributed by atoms with Gasteiger partial charge in [-0.1, -0.05) is 12.1 Å². The number of thiophene rings is 1. The quantitative estimate of drug-likeness (QED) is 0.180. The molecule has 0 saturated carbocycles. The number of aryl methyl sites for hydroxylation is 1. The molecule has 250 valence electrons. The predicted molar refractivity (Wildman–Crippen MR) is 164 cm³/mol. The van der Waals surface area contributed by atoms with Crippen molar-refractivity contribution in [2.75, 3.05) is 18.5 Å². The minimum atomic E-state index is -5.09. The molecule has 1 atom stereocenters. The molecule has 0 fully saturated rings. The number of benzene rings is 2. The fourth-order valence-electron chi connectivity index (χ4n) is 5.39. The molecule has 0 radical (unpaired) electrons. The molecule has 1 aromatic heterocycles. The molecule has 3 aromatic rings. The molecule has 1 aliphatic carbocycles. The van der Waals surface area contributed by atoms with E-state index in [1.165, 1.54) is 43.4 Å². The minimum Gasteiger partial charge on any atom is -0.466 e. The van der Waals surface area contributed by atoms with E-state index in [0.717, 1.165) is 5.57 Å². The van der Waals surface area contributed by atoms with E-state index in [0.29, 0.717) is 52.3 Å². The zero-order valence-corrected chi connectivity index (χ0v) is 26.7. The number of nitrogens with one attached hydrogen (secondary N) is 1. The standard InChI is InChI=1S/C34H31F7N2O3S/c1-5-46-31(45)20-8-6-19(7-9-20)29-26(16-42)28(30(47-29)25-11-10-24(35)12-18(25)2)43-17-27(44)32(3,4)21-13-22(33(36,37)38)15-23(14-21)34(39,40)41/h6,10-15,20,43H,5,7-9,17H2,1-4H3. The first-order chi connectivity index (χ1) is 21.9. The normalized spacial score (nSPS) is 15.5. The number of ether oxygens (including phenoxy) is 1. The summed E-state index contributed by atoms with van der Waals surface area (Å²) in [7, 11) is 0. The monoisotopic (exact) mass is 680 g/mol. The Morgan fingerprint density at radius 1 is 1.00 bits per heavy atom. The molecule has 1 heterocycles. The van der Waals surface area contributed by atoms with Crippen molar-refractivity contribution < 1.29 is 45.1 Å². The summed E-state index contributed by atoms with van der Waals surface area (Å²) in [5.74, 6) is -1.88. The van der Waals surface area contributed by atoms with Crippen LogP contribution >= 0.6 is 11.3 Å². The van der Waals surface area contributed by atoms with Gasteiger partial charge < -0.3 is 10.1 Å². The van der Waals surface area contributed by atoms with Crippen LogP contribution in [0.3, 0.4) is 0 Å². The number of ketones is 1. The second-order valence-electron chi connectivity index (χ2n) is 11.7. The highest BCUT2D eigenvalue weighted by atomic mass is 32.1. The van der Waals surface area contributed by atoms with Crippen molar-refractivity contribution in [1.29, 1.82) is 5.26 Å². The van der Waals surface area contributed by atoms with Crippen LogP contribution in [0, 0.1) is 30.0 Å². The van der Waals surface area contributed by atoms with Gasteiger partial charge in [0.1, 0.15) is 11.9 Å². The maximum absolute atomic E-state index is 14.0. The van der Waals surface area contributed by atoms with Gasteiger partial charge in [-0.15, -0.1) is 11.3 Å². The van der Waals surface area contributed by atoms with Gasteiger partial charge >= 0.3 is 18.3 Å². The van der Waals surface area contributed by atoms with Crippen LogP contribution < -0.4 is 5.32 Å². The third-order valence-corrected chi connectivity index (χ3v) is 9.51. The highest BCUT2D eigenvalue weighted by molar-refractivity contribution is 7.17. The van der Waals surface area contributed by atoms with Crippen molar-refractivity contribution in [3.05, 3.63) is 81.0 Å². The Balaban J connectivity index is 1.74. The molecule has 47 heavy (non-hydrogen) atoms. The lowest BCUT2D eigenvalue weighted by molar-refractivity contribution is -0.148. The van der Waals surface area contributed by atoms with Crippen LogP contribution in [-0.2, 0) is 32.1 Å². The number of nitrogens with zero attached hydrogens (tertiary/aromatic N) is 1. The molecule has 1 N–H and O–H groups in total. The molecule has 1 unspecified atom stereocenters. The van der Waals surface area contributed by atoms with Crippen LogP contribution in [-0.4, -0.2) is 24.9 Å². The van der Waals surface area contributed by atoms with E-state index in [2.05, 4.69) is 11.4 Å². The maximum Gasteiger partial charge on any atom is 0.416 e. The highest BCUT2D eigenvalue weighted by Crippen LogP contribution is 2.47. The van der Waals surface area contributed by atoms with Gasteiger partial charge in [0.25, 0.3) is 0 Å². The largest absolute Gasteiger partial charge is 0.466 e. The molecule has 1 aliphatic rings. The van der Waals surface area contributed by atoms with E-state index in [1.54, 1.807) is 13.8 Å². The first kappa shape index (κ1) is 35.7. The maximum atomic E-state index is 14.0. The molecular formula is C34H31F7N2O3S. The molecule has 13 heteroatoms. The predicted octanol–water partition coefficient (Wildman–Crippen LogP) is 9.48. The number of hydrogen-bond acceptors (Lipinski definition) is 6. The van der Waals surface area contributed by atoms with E-state index in [9.17, 15) is 45.6 Å². The van der Waals surface area contributed by atoms with Crippen molar-refractivity contribution in [1.82, 2.24) is 0 Å². The Morgan fingerprint density at radius 2 is 1.62 bits per heavy atom. The number of anilines is 1. The zero-order valence-electron chi connectivity index (χ0n) is 25.9. The molecule has 0 saturated heterocycles. The van der Waals surface area contributed by atoms with Crippen LogP contribution in [0.15, 0.2) is 42.5 Å². The van der Waals surface area contributed by atoms with Crippen LogP contribution in [0.2, 0.25) is 0 Å². The smallest absolute Gasteiger partial charge is 0.416 e. The summed E-state index contributed by atoms with van der Waals surface area (Å²) >= 11 is 1.22. The van der Waals surface area contributed by atoms with E-state index in [-0.39, 0.29) is 35.8 Å². The number of carbonyl (C=O) groups is 2. The third kappa shape index (κ3) is 7.70. The van der Waals surface area contributed by atoms with Crippen LogP contribution in [0.5, 0.6) is 0 Å². The van der Waals surface area contributed by atoms with E-state index < -0.39 is 52.6 Å². The summed E-state index contributed by atoms with van der Waals surface area (Å²) in [6, 6.07) is 7.28. The summed E-state index contributed by atoms with van der Waals surface area (Å²) in [5.41, 5.74) is -3.09. The van der Waals surface area contributed by atoms with Gasteiger partial charge in [0, 0.05) is 0 Å². The number of esters is 1. The number of alkyl halides is 6. The molecule has 2 aromatic carbocycles. The van der Waals surface area contributed by atoms with Gasteiger partial charge in [-0.2, -0.15) is 31.6 Å². The van der Waals surface area contributed by atoms with Crippen LogP contribution in [0.1, 0.15) is 72.7 Å². The molecule has 0 aliphatic heterocycles. The molecule has 0 spiro atoms. The highest BCUT2D eigenvalue weighted by Gasteiger charge is 2.40. The van der Waals surface area contributed by atoms with Crippen molar-refractivity contribution in [3.8, 4) is 16.5 Å². The summed E-state index contributed by atoms with van der Waals surface area (Å²) in [5, 5.41) is 13.2. The van der Waals surface area contributed by atoms with E-state index in [4.69, 9.17) is 4.74 Å². The van der Waals surface area contributed by atoms with Crippen molar-refractivity contribution in [2.45, 2.75) is 64.7 Å². The van der Waals surface area contributed by atoms with Gasteiger partial charge in [-0.3, -0.25) is 9.59 Å². The SMILES string of the molecule is CCOC(=O)C1CC=C(c2sc(-c3ccc(F)cc3C)c(NCC(=O)C(C)(C)c3cc(C(F)(F)F)cc(C(F)(F)F)c3)c2C#N)CC1. The van der Waals surface area contributed by atoms with Gasteiger partial charge in [0.15, 0.2) is 5.78 Å². The summed E-state index contributed by atoms with van der Waals surface area (Å²) in [6.45, 7) is 5.54. The average molecular weight is 681 g/mol. The van der Waals surface area contributed by atoms with Crippen LogP contribution in [0.4, 0.5) is 36.4 Å². The summed E-state index contributed by atoms with van der Waals surface area (Å²) in [4.78, 5) is 26.9. The number of Topliss-reactive ketones (excluding diaryl/α,β-unsaturated/α-hetero) is 1. The lowest BCUT2D eigenvalue weighted by Crippen LogP contribution is -2.35. The minimum absolute atomic E-state index is 0.000577. The Bertz CT molecular complexity index is 1730. The topological polar surface area (TPSA) is 79.2 Å². The van der Waals surface area contributed by atoms with Gasteiger partial charge in [-0.25, -0.2) is 4.39 Å². The zero-order chi connectivity index (χ0) is 34.9. The number of halogens is 7. The van der Waals surface area contributed by atoms with Crippen LogP contribution in [0.25, 0.3) is 16.0 Å². The number of rotatable bonds is 9. The van der Waals surface area contributed by atoms with Crippen molar-refractivity contribution in [3.63, 3.8) is 0 Å². The summed E-state index contributed by atoms with van der Waals surface area (Å²) in [6.07, 6.45) is -7.02. The van der Waals surface area contributed by atoms with Gasteiger partial charge in [-0.05, 0) is 99.6 Å². The Labute approximate surface area is 271 Å². The number of allylic oxidation sites excluding steroid dienone is 2. The molecular weight excluding hydrogens is 649 g/mol. The van der Waals surface area contributed by atoms with Gasteiger partial charge in [0.2, 0.25) is 0 Å². The Kier molecular flexibility index (Phi) is 10.3. The molecule has 4 rings (SSSR count).